The molecule has 1 saturated heterocycles. The number of rotatable bonds is 4. The average Bonchev–Trinajstić information content (AvgIpc) is 3.11. The molecule has 0 unspecified atom stereocenters. The van der Waals surface area contributed by atoms with Gasteiger partial charge in [0.25, 0.3) is 0 Å². The van der Waals surface area contributed by atoms with Crippen LogP contribution in [0.1, 0.15) is 5.69 Å². The number of pyridine rings is 2. The highest BCUT2D eigenvalue weighted by Gasteiger charge is 2.16. The molecule has 0 saturated carbocycles. The molecule has 0 aliphatic carbocycles. The molecule has 0 spiro atoms. The maximum absolute atomic E-state index is 4.62. The quantitative estimate of drug-likeness (QED) is 0.764. The van der Waals surface area contributed by atoms with Gasteiger partial charge in [-0.25, -0.2) is 9.97 Å². The largest absolute Gasteiger partial charge is 0.369 e. The molecule has 134 valence electrons. The van der Waals surface area contributed by atoms with Gasteiger partial charge in [0.1, 0.15) is 5.82 Å². The highest BCUT2D eigenvalue weighted by molar-refractivity contribution is 7.18. The van der Waals surface area contributed by atoms with Gasteiger partial charge < -0.3 is 15.1 Å². The van der Waals surface area contributed by atoms with E-state index in [9.17, 15) is 0 Å². The summed E-state index contributed by atoms with van der Waals surface area (Å²) in [5.74, 6) is 0.834. The Bertz CT molecular complexity index is 871. The van der Waals surface area contributed by atoms with Gasteiger partial charge >= 0.3 is 0 Å². The first-order valence-corrected chi connectivity index (χ1v) is 9.55. The van der Waals surface area contributed by atoms with Crippen LogP contribution in [0.25, 0.3) is 10.6 Å². The summed E-state index contributed by atoms with van der Waals surface area (Å²) in [5, 5.41) is 4.18. The smallest absolute Gasteiger partial charge is 0.188 e. The molecule has 1 aliphatic heterocycles. The fraction of sp³-hybridized carbons (Fsp3) is 0.316. The Kier molecular flexibility index (Phi) is 4.81. The van der Waals surface area contributed by atoms with E-state index in [4.69, 9.17) is 0 Å². The third kappa shape index (κ3) is 3.84. The van der Waals surface area contributed by atoms with E-state index >= 15 is 0 Å². The molecule has 3 aromatic heterocycles. The van der Waals surface area contributed by atoms with Crippen molar-refractivity contribution in [1.82, 2.24) is 19.9 Å². The van der Waals surface area contributed by atoms with Gasteiger partial charge in [0, 0.05) is 56.0 Å². The number of nitrogens with one attached hydrogen (secondary N) is 1. The van der Waals surface area contributed by atoms with Crippen molar-refractivity contribution >= 4 is 28.0 Å². The Morgan fingerprint density at radius 1 is 1.08 bits per heavy atom. The fourth-order valence-corrected chi connectivity index (χ4v) is 3.83. The summed E-state index contributed by atoms with van der Waals surface area (Å²) in [6.45, 7) is 6.29. The van der Waals surface area contributed by atoms with Gasteiger partial charge in [-0.2, -0.15) is 0 Å². The molecule has 0 aromatic carbocycles. The van der Waals surface area contributed by atoms with Crippen molar-refractivity contribution in [2.75, 3.05) is 43.4 Å². The zero-order chi connectivity index (χ0) is 17.9. The Labute approximate surface area is 157 Å². The minimum Gasteiger partial charge on any atom is -0.369 e. The van der Waals surface area contributed by atoms with E-state index in [1.54, 1.807) is 17.5 Å². The molecule has 0 bridgehead atoms. The highest BCUT2D eigenvalue weighted by Crippen LogP contribution is 2.30. The second-order valence-corrected chi connectivity index (χ2v) is 7.54. The number of aromatic nitrogens is 3. The second-order valence-electron chi connectivity index (χ2n) is 6.51. The summed E-state index contributed by atoms with van der Waals surface area (Å²) in [5.41, 5.74) is 3.16. The van der Waals surface area contributed by atoms with Gasteiger partial charge in [-0.3, -0.25) is 4.98 Å². The van der Waals surface area contributed by atoms with E-state index in [0.717, 1.165) is 53.4 Å². The maximum atomic E-state index is 4.62. The molecule has 0 atom stereocenters. The van der Waals surface area contributed by atoms with Crippen LogP contribution in [-0.4, -0.2) is 53.1 Å². The molecule has 26 heavy (non-hydrogen) atoms. The first-order valence-electron chi connectivity index (χ1n) is 8.74. The van der Waals surface area contributed by atoms with E-state index in [-0.39, 0.29) is 0 Å². The van der Waals surface area contributed by atoms with Crippen LogP contribution in [0.4, 0.5) is 16.6 Å². The van der Waals surface area contributed by atoms with E-state index in [1.807, 2.05) is 31.3 Å². The first kappa shape index (κ1) is 16.9. The van der Waals surface area contributed by atoms with Crippen molar-refractivity contribution in [1.29, 1.82) is 0 Å². The number of piperazine rings is 1. The lowest BCUT2D eigenvalue weighted by molar-refractivity contribution is 0.313. The van der Waals surface area contributed by atoms with Gasteiger partial charge in [-0.05, 0) is 32.2 Å². The van der Waals surface area contributed by atoms with E-state index in [0.29, 0.717) is 0 Å². The predicted molar refractivity (Wildman–Crippen MR) is 107 cm³/mol. The van der Waals surface area contributed by atoms with Crippen LogP contribution >= 0.6 is 11.3 Å². The Balaban J connectivity index is 1.52. The molecule has 3 aromatic rings. The molecule has 0 radical (unpaired) electrons. The van der Waals surface area contributed by atoms with Gasteiger partial charge in [-0.1, -0.05) is 17.4 Å². The molecular formula is C19H22N6S. The number of hydrogen-bond acceptors (Lipinski definition) is 7. The minimum absolute atomic E-state index is 0.827. The van der Waals surface area contributed by atoms with Crippen molar-refractivity contribution in [2.45, 2.75) is 6.92 Å². The van der Waals surface area contributed by atoms with Crippen LogP contribution in [0.3, 0.4) is 0 Å². The fourth-order valence-electron chi connectivity index (χ4n) is 3.03. The standard InChI is InChI=1S/C19H22N6S/c1-14-11-15(25-9-7-24(2)8-10-25)12-18(22-14)23-19-21-13-17(26-19)16-5-3-4-6-20-16/h3-6,11-13H,7-10H2,1-2H3,(H,21,22,23). The van der Waals surface area contributed by atoms with Gasteiger partial charge in [-0.15, -0.1) is 0 Å². The summed E-state index contributed by atoms with van der Waals surface area (Å²) in [4.78, 5) is 19.3. The Morgan fingerprint density at radius 2 is 1.92 bits per heavy atom. The molecule has 7 heteroatoms. The lowest BCUT2D eigenvalue weighted by Gasteiger charge is -2.34. The van der Waals surface area contributed by atoms with Gasteiger partial charge in [0.15, 0.2) is 5.13 Å². The third-order valence-electron chi connectivity index (χ3n) is 4.46. The topological polar surface area (TPSA) is 57.2 Å². The Hall–Kier alpha value is -2.51. The number of aryl methyl sites for hydroxylation is 1. The molecule has 1 N–H and O–H groups in total. The van der Waals surface area contributed by atoms with Crippen LogP contribution < -0.4 is 10.2 Å². The number of thiazole rings is 1. The molecule has 1 aliphatic rings. The lowest BCUT2D eigenvalue weighted by Crippen LogP contribution is -2.44. The SMILES string of the molecule is Cc1cc(N2CCN(C)CC2)cc(Nc2ncc(-c3ccccn3)s2)n1. The molecule has 1 fully saturated rings. The van der Waals surface area contributed by atoms with Crippen molar-refractivity contribution in [3.8, 4) is 10.6 Å². The van der Waals surface area contributed by atoms with Crippen molar-refractivity contribution in [3.05, 3.63) is 48.4 Å². The summed E-state index contributed by atoms with van der Waals surface area (Å²) < 4.78 is 0. The van der Waals surface area contributed by atoms with E-state index in [2.05, 4.69) is 49.2 Å². The summed E-state index contributed by atoms with van der Waals surface area (Å²) in [6.07, 6.45) is 3.65. The molecular weight excluding hydrogens is 344 g/mol. The molecule has 6 nitrogen and oxygen atoms in total. The van der Waals surface area contributed by atoms with Crippen LogP contribution in [0, 0.1) is 6.92 Å². The second kappa shape index (κ2) is 7.39. The van der Waals surface area contributed by atoms with Crippen molar-refractivity contribution < 1.29 is 0 Å². The molecule has 4 heterocycles. The predicted octanol–water partition coefficient (Wildman–Crippen LogP) is 3.40. The number of hydrogen-bond donors (Lipinski definition) is 1. The zero-order valence-corrected chi connectivity index (χ0v) is 15.8. The first-order chi connectivity index (χ1) is 12.7. The summed E-state index contributed by atoms with van der Waals surface area (Å²) in [7, 11) is 2.17. The lowest BCUT2D eigenvalue weighted by atomic mass is 10.2. The van der Waals surface area contributed by atoms with Crippen molar-refractivity contribution in [2.24, 2.45) is 0 Å². The Morgan fingerprint density at radius 3 is 2.69 bits per heavy atom. The van der Waals surface area contributed by atoms with Crippen LogP contribution in [0.2, 0.25) is 0 Å². The summed E-state index contributed by atoms with van der Waals surface area (Å²) in [6, 6.07) is 10.2. The van der Waals surface area contributed by atoms with Crippen LogP contribution in [0.15, 0.2) is 42.7 Å². The number of anilines is 3. The zero-order valence-electron chi connectivity index (χ0n) is 15.0. The normalized spacial score (nSPS) is 15.2. The molecule has 0 amide bonds. The number of nitrogens with zero attached hydrogens (tertiary/aromatic N) is 5. The van der Waals surface area contributed by atoms with Crippen molar-refractivity contribution in [3.63, 3.8) is 0 Å². The van der Waals surface area contributed by atoms with E-state index in [1.165, 1.54) is 5.69 Å². The molecule has 4 rings (SSSR count). The van der Waals surface area contributed by atoms with Gasteiger partial charge in [0.2, 0.25) is 0 Å². The van der Waals surface area contributed by atoms with E-state index < -0.39 is 0 Å². The minimum atomic E-state index is 0.827. The number of likely N-dealkylation sites (N-methyl/N-ethyl adjacent to an activating group) is 1. The average molecular weight is 366 g/mol. The van der Waals surface area contributed by atoms with Crippen LogP contribution in [0.5, 0.6) is 0 Å². The maximum Gasteiger partial charge on any atom is 0.188 e. The van der Waals surface area contributed by atoms with Gasteiger partial charge in [0.05, 0.1) is 10.6 Å². The highest BCUT2D eigenvalue weighted by atomic mass is 32.1. The summed E-state index contributed by atoms with van der Waals surface area (Å²) >= 11 is 1.58. The third-order valence-corrected chi connectivity index (χ3v) is 5.40. The van der Waals surface area contributed by atoms with Crippen LogP contribution in [-0.2, 0) is 0 Å². The monoisotopic (exact) mass is 366 g/mol.